The van der Waals surface area contributed by atoms with Gasteiger partial charge in [0.1, 0.15) is 6.54 Å². The first-order valence-corrected chi connectivity index (χ1v) is 7.00. The Labute approximate surface area is 114 Å². The zero-order chi connectivity index (χ0) is 14.2. The first-order valence-electron chi connectivity index (χ1n) is 7.00. The summed E-state index contributed by atoms with van der Waals surface area (Å²) in [5.41, 5.74) is 8.27. The van der Waals surface area contributed by atoms with Crippen molar-refractivity contribution in [1.82, 2.24) is 14.7 Å². The van der Waals surface area contributed by atoms with Crippen LogP contribution in [0.1, 0.15) is 38.1 Å². The van der Waals surface area contributed by atoms with E-state index in [1.165, 1.54) is 0 Å². The highest BCUT2D eigenvalue weighted by Gasteiger charge is 2.31. The van der Waals surface area contributed by atoms with Crippen LogP contribution in [-0.2, 0) is 11.3 Å². The Hall–Kier alpha value is -1.52. The minimum absolute atomic E-state index is 0.154. The van der Waals surface area contributed by atoms with Gasteiger partial charge in [0.25, 0.3) is 0 Å². The van der Waals surface area contributed by atoms with Crippen LogP contribution < -0.4 is 5.73 Å². The summed E-state index contributed by atoms with van der Waals surface area (Å²) in [6.07, 6.45) is 2.22. The molecule has 1 aliphatic heterocycles. The lowest BCUT2D eigenvalue weighted by Crippen LogP contribution is -2.40. The van der Waals surface area contributed by atoms with E-state index in [0.29, 0.717) is 24.2 Å². The number of rotatable bonds is 3. The minimum atomic E-state index is 0.154. The molecular weight excluding hydrogens is 240 g/mol. The van der Waals surface area contributed by atoms with Crippen LogP contribution in [0.3, 0.4) is 0 Å². The summed E-state index contributed by atoms with van der Waals surface area (Å²) in [4.78, 5) is 14.4. The molecule has 5 heteroatoms. The largest absolute Gasteiger partial charge is 0.396 e. The van der Waals surface area contributed by atoms with Crippen LogP contribution in [0.15, 0.2) is 0 Å². The van der Waals surface area contributed by atoms with Gasteiger partial charge in [0.15, 0.2) is 0 Å². The van der Waals surface area contributed by atoms with E-state index in [4.69, 9.17) is 5.73 Å². The summed E-state index contributed by atoms with van der Waals surface area (Å²) in [6.45, 7) is 9.31. The topological polar surface area (TPSA) is 64.2 Å². The highest BCUT2D eigenvalue weighted by Crippen LogP contribution is 2.24. The molecule has 0 aliphatic carbocycles. The van der Waals surface area contributed by atoms with Crippen molar-refractivity contribution >= 4 is 11.6 Å². The fraction of sp³-hybridized carbons (Fsp3) is 0.714. The van der Waals surface area contributed by atoms with Gasteiger partial charge in [-0.2, -0.15) is 5.10 Å². The number of amides is 1. The maximum Gasteiger partial charge on any atom is 0.244 e. The van der Waals surface area contributed by atoms with E-state index in [-0.39, 0.29) is 5.91 Å². The SMILES string of the molecule is Cc1nn(CC(=O)N2CCCC2C(C)C)c(C)c1N. The number of aryl methyl sites for hydroxylation is 1. The van der Waals surface area contributed by atoms with Gasteiger partial charge in [-0.15, -0.1) is 0 Å². The fourth-order valence-corrected chi connectivity index (χ4v) is 2.88. The predicted molar refractivity (Wildman–Crippen MR) is 75.7 cm³/mol. The van der Waals surface area contributed by atoms with E-state index in [9.17, 15) is 4.79 Å². The first-order chi connectivity index (χ1) is 8.91. The van der Waals surface area contributed by atoms with Crippen molar-refractivity contribution in [1.29, 1.82) is 0 Å². The number of carbonyl (C=O) groups is 1. The second-order valence-corrected chi connectivity index (χ2v) is 5.78. The van der Waals surface area contributed by atoms with E-state index < -0.39 is 0 Å². The molecule has 0 bridgehead atoms. The second-order valence-electron chi connectivity index (χ2n) is 5.78. The molecule has 2 heterocycles. The van der Waals surface area contributed by atoms with Gasteiger partial charge in [-0.05, 0) is 32.6 Å². The number of hydrogen-bond donors (Lipinski definition) is 1. The fourth-order valence-electron chi connectivity index (χ4n) is 2.88. The lowest BCUT2D eigenvalue weighted by molar-refractivity contribution is -0.133. The Bertz CT molecular complexity index is 478. The van der Waals surface area contributed by atoms with E-state index >= 15 is 0 Å². The van der Waals surface area contributed by atoms with Crippen LogP contribution in [-0.4, -0.2) is 33.2 Å². The maximum atomic E-state index is 12.4. The van der Waals surface area contributed by atoms with Gasteiger partial charge in [-0.3, -0.25) is 9.48 Å². The molecule has 2 N–H and O–H groups in total. The Balaban J connectivity index is 2.10. The number of nitrogens with two attached hydrogens (primary N) is 1. The molecule has 0 aromatic carbocycles. The normalized spacial score (nSPS) is 19.4. The number of anilines is 1. The zero-order valence-corrected chi connectivity index (χ0v) is 12.3. The summed E-state index contributed by atoms with van der Waals surface area (Å²) < 4.78 is 1.72. The number of aromatic nitrogens is 2. The molecule has 1 aliphatic rings. The lowest BCUT2D eigenvalue weighted by Gasteiger charge is -2.27. The summed E-state index contributed by atoms with van der Waals surface area (Å²) in [7, 11) is 0. The summed E-state index contributed by atoms with van der Waals surface area (Å²) in [5, 5.41) is 4.34. The smallest absolute Gasteiger partial charge is 0.244 e. The average Bonchev–Trinajstić information content (AvgIpc) is 2.92. The van der Waals surface area contributed by atoms with Crippen LogP contribution in [0.4, 0.5) is 5.69 Å². The van der Waals surface area contributed by atoms with Crippen molar-refractivity contribution < 1.29 is 4.79 Å². The molecule has 1 amide bonds. The van der Waals surface area contributed by atoms with Gasteiger partial charge in [-0.1, -0.05) is 13.8 Å². The Morgan fingerprint density at radius 3 is 2.68 bits per heavy atom. The molecule has 1 aromatic heterocycles. The van der Waals surface area contributed by atoms with Gasteiger partial charge in [0.05, 0.1) is 17.1 Å². The van der Waals surface area contributed by atoms with Crippen molar-refractivity contribution in [2.75, 3.05) is 12.3 Å². The first kappa shape index (κ1) is 13.9. The highest BCUT2D eigenvalue weighted by atomic mass is 16.2. The van der Waals surface area contributed by atoms with Gasteiger partial charge >= 0.3 is 0 Å². The van der Waals surface area contributed by atoms with Gasteiger partial charge in [0, 0.05) is 12.6 Å². The Morgan fingerprint density at radius 1 is 1.47 bits per heavy atom. The Morgan fingerprint density at radius 2 is 2.16 bits per heavy atom. The number of likely N-dealkylation sites (tertiary alicyclic amines) is 1. The third kappa shape index (κ3) is 2.60. The van der Waals surface area contributed by atoms with Crippen molar-refractivity contribution in [3.8, 4) is 0 Å². The van der Waals surface area contributed by atoms with Crippen LogP contribution >= 0.6 is 0 Å². The summed E-state index contributed by atoms with van der Waals surface area (Å²) >= 11 is 0. The van der Waals surface area contributed by atoms with Crippen LogP contribution in [0.5, 0.6) is 0 Å². The second kappa shape index (κ2) is 5.23. The van der Waals surface area contributed by atoms with Crippen LogP contribution in [0, 0.1) is 19.8 Å². The number of nitrogen functional groups attached to an aromatic ring is 1. The van der Waals surface area contributed by atoms with Crippen molar-refractivity contribution in [3.05, 3.63) is 11.4 Å². The molecule has 1 aromatic rings. The van der Waals surface area contributed by atoms with Gasteiger partial charge < -0.3 is 10.6 Å². The molecule has 19 heavy (non-hydrogen) atoms. The lowest BCUT2D eigenvalue weighted by atomic mass is 10.0. The quantitative estimate of drug-likeness (QED) is 0.904. The van der Waals surface area contributed by atoms with E-state index in [1.54, 1.807) is 4.68 Å². The molecule has 1 fully saturated rings. The zero-order valence-electron chi connectivity index (χ0n) is 12.3. The van der Waals surface area contributed by atoms with Crippen molar-refractivity contribution in [3.63, 3.8) is 0 Å². The maximum absolute atomic E-state index is 12.4. The molecular formula is C14H24N4O. The number of nitrogens with zero attached hydrogens (tertiary/aromatic N) is 3. The molecule has 0 spiro atoms. The Kier molecular flexibility index (Phi) is 3.83. The molecule has 2 rings (SSSR count). The van der Waals surface area contributed by atoms with Gasteiger partial charge in [0.2, 0.25) is 5.91 Å². The number of carbonyl (C=O) groups excluding carboxylic acids is 1. The average molecular weight is 264 g/mol. The van der Waals surface area contributed by atoms with Crippen LogP contribution in [0.2, 0.25) is 0 Å². The third-order valence-corrected chi connectivity index (χ3v) is 4.11. The molecule has 0 radical (unpaired) electrons. The highest BCUT2D eigenvalue weighted by molar-refractivity contribution is 5.77. The molecule has 1 unspecified atom stereocenters. The predicted octanol–water partition coefficient (Wildman–Crippen LogP) is 1.73. The molecule has 106 valence electrons. The van der Waals surface area contributed by atoms with E-state index in [0.717, 1.165) is 30.8 Å². The number of hydrogen-bond acceptors (Lipinski definition) is 3. The molecule has 1 atom stereocenters. The summed E-state index contributed by atoms with van der Waals surface area (Å²) in [6, 6.07) is 0.377. The standard InChI is InChI=1S/C14H24N4O/c1-9(2)12-6-5-7-17(12)13(19)8-18-11(4)14(15)10(3)16-18/h9,12H,5-8,15H2,1-4H3. The molecule has 5 nitrogen and oxygen atoms in total. The van der Waals surface area contributed by atoms with E-state index in [1.807, 2.05) is 18.7 Å². The third-order valence-electron chi connectivity index (χ3n) is 4.11. The summed E-state index contributed by atoms with van der Waals surface area (Å²) in [5.74, 6) is 0.666. The van der Waals surface area contributed by atoms with Crippen LogP contribution in [0.25, 0.3) is 0 Å². The molecule has 0 saturated carbocycles. The van der Waals surface area contributed by atoms with Crippen molar-refractivity contribution in [2.45, 2.75) is 53.1 Å². The monoisotopic (exact) mass is 264 g/mol. The minimum Gasteiger partial charge on any atom is -0.396 e. The molecule has 1 saturated heterocycles. The van der Waals surface area contributed by atoms with Gasteiger partial charge in [-0.25, -0.2) is 0 Å². The van der Waals surface area contributed by atoms with E-state index in [2.05, 4.69) is 18.9 Å². The van der Waals surface area contributed by atoms with Crippen molar-refractivity contribution in [2.24, 2.45) is 5.92 Å².